The Bertz CT molecular complexity index is 149. The first-order chi connectivity index (χ1) is 4.83. The van der Waals surface area contributed by atoms with Crippen molar-refractivity contribution in [2.45, 2.75) is 39.9 Å². The van der Waals surface area contributed by atoms with E-state index < -0.39 is 6.72 Å². The van der Waals surface area contributed by atoms with E-state index in [1.54, 1.807) is 27.7 Å². The third-order valence-corrected chi connectivity index (χ3v) is 2.58. The molecule has 0 fully saturated rings. The molecule has 1 N–H and O–H groups in total. The van der Waals surface area contributed by atoms with Crippen molar-refractivity contribution in [1.29, 1.82) is 0 Å². The summed E-state index contributed by atoms with van der Waals surface area (Å²) in [4.78, 5) is 9.34. The fourth-order valence-electron chi connectivity index (χ4n) is 0.558. The molecule has 0 aromatic heterocycles. The van der Waals surface area contributed by atoms with Gasteiger partial charge in [-0.1, -0.05) is 0 Å². The molecule has 0 rings (SSSR count). The van der Waals surface area contributed by atoms with Crippen molar-refractivity contribution in [3.63, 3.8) is 0 Å². The normalized spacial score (nSPS) is 11.9. The van der Waals surface area contributed by atoms with Gasteiger partial charge in [0.25, 0.3) is 0 Å². The average molecular weight is 264 g/mol. The van der Waals surface area contributed by atoms with Gasteiger partial charge in [0.05, 0.1) is 12.2 Å². The van der Waals surface area contributed by atoms with Crippen molar-refractivity contribution in [2.24, 2.45) is 0 Å². The minimum Gasteiger partial charge on any atom is -0.324 e. The first-order valence-electron chi connectivity index (χ1n) is 3.53. The summed E-state index contributed by atoms with van der Waals surface area (Å²) in [7, 11) is 0. The molecule has 6 heteroatoms. The maximum atomic E-state index is 9.34. The second-order valence-electron chi connectivity index (χ2n) is 2.78. The quantitative estimate of drug-likeness (QED) is 0.622. The van der Waals surface area contributed by atoms with Gasteiger partial charge < -0.3 is 13.9 Å². The van der Waals surface area contributed by atoms with Crippen LogP contribution in [0.3, 0.4) is 0 Å². The summed E-state index contributed by atoms with van der Waals surface area (Å²) in [5.41, 5.74) is 0. The zero-order valence-corrected chi connectivity index (χ0v) is 12.7. The van der Waals surface area contributed by atoms with E-state index in [1.807, 2.05) is 0 Å². The second kappa shape index (κ2) is 6.58. The van der Waals surface area contributed by atoms with Crippen LogP contribution in [-0.2, 0) is 40.3 Å². The van der Waals surface area contributed by atoms with E-state index in [-0.39, 0.29) is 31.7 Å². The van der Waals surface area contributed by atoms with E-state index in [0.29, 0.717) is 0 Å². The second-order valence-corrected chi connectivity index (χ2v) is 5.52. The topological polar surface area (TPSA) is 38.7 Å². The summed E-state index contributed by atoms with van der Waals surface area (Å²) in [6.45, 7) is 4.25. The van der Waals surface area contributed by atoms with Gasteiger partial charge in [0.1, 0.15) is 0 Å². The summed E-state index contributed by atoms with van der Waals surface area (Å²) in [6.07, 6.45) is -0.186. The van der Waals surface area contributed by atoms with Crippen LogP contribution in [0.2, 0.25) is 0 Å². The summed E-state index contributed by atoms with van der Waals surface area (Å²) >= 11 is 4.72. The SMILES string of the molecule is CC(C)OP(O)(=S)OC(C)C.[Zn]. The number of hydrogen-bond donors (Lipinski definition) is 1. The third kappa shape index (κ3) is 9.24. The molecule has 0 unspecified atom stereocenters. The van der Waals surface area contributed by atoms with Crippen LogP contribution in [0, 0.1) is 0 Å². The Labute approximate surface area is 91.8 Å². The largest absolute Gasteiger partial charge is 0.325 e. The molecule has 0 amide bonds. The fourth-order valence-corrected chi connectivity index (χ4v) is 2.71. The molecule has 0 spiro atoms. The standard InChI is InChI=1S/C6H15O3PS.Zn/c1-5(2)8-10(7,11)9-6(3)4;/h5-6H,1-4H3,(H,7,11);. The molecule has 0 aromatic carbocycles. The Morgan fingerprint density at radius 3 is 1.50 bits per heavy atom. The monoisotopic (exact) mass is 262 g/mol. The van der Waals surface area contributed by atoms with Crippen LogP contribution in [-0.4, -0.2) is 17.1 Å². The van der Waals surface area contributed by atoms with Crippen molar-refractivity contribution in [1.82, 2.24) is 0 Å². The number of rotatable bonds is 4. The Balaban J connectivity index is 0. The van der Waals surface area contributed by atoms with E-state index in [4.69, 9.17) is 20.9 Å². The van der Waals surface area contributed by atoms with Gasteiger partial charge in [-0.05, 0) is 39.5 Å². The predicted molar refractivity (Wildman–Crippen MR) is 48.9 cm³/mol. The van der Waals surface area contributed by atoms with Crippen molar-refractivity contribution < 1.29 is 33.4 Å². The predicted octanol–water partition coefficient (Wildman–Crippen LogP) is 2.05. The van der Waals surface area contributed by atoms with E-state index in [9.17, 15) is 4.89 Å². The molecule has 0 aliphatic rings. The Morgan fingerprint density at radius 1 is 1.08 bits per heavy atom. The summed E-state index contributed by atoms with van der Waals surface area (Å²) < 4.78 is 10.0. The molecule has 0 aliphatic heterocycles. The Morgan fingerprint density at radius 2 is 1.33 bits per heavy atom. The third-order valence-electron chi connectivity index (χ3n) is 0.688. The van der Waals surface area contributed by atoms with E-state index >= 15 is 0 Å². The van der Waals surface area contributed by atoms with Crippen LogP contribution in [0.5, 0.6) is 0 Å². The molecule has 12 heavy (non-hydrogen) atoms. The van der Waals surface area contributed by atoms with Gasteiger partial charge in [-0.3, -0.25) is 0 Å². The molecule has 0 atom stereocenters. The van der Waals surface area contributed by atoms with Gasteiger partial charge >= 0.3 is 6.72 Å². The maximum Gasteiger partial charge on any atom is 0.325 e. The molecule has 0 aromatic rings. The number of hydrogen-bond acceptors (Lipinski definition) is 3. The Kier molecular flexibility index (Phi) is 8.57. The van der Waals surface area contributed by atoms with Crippen LogP contribution in [0.4, 0.5) is 0 Å². The van der Waals surface area contributed by atoms with Crippen molar-refractivity contribution in [3.05, 3.63) is 0 Å². The van der Waals surface area contributed by atoms with Gasteiger partial charge in [0, 0.05) is 19.5 Å². The molecule has 0 bridgehead atoms. The van der Waals surface area contributed by atoms with Gasteiger partial charge in [-0.15, -0.1) is 0 Å². The van der Waals surface area contributed by atoms with Crippen LogP contribution in [0.15, 0.2) is 0 Å². The van der Waals surface area contributed by atoms with E-state index in [0.717, 1.165) is 0 Å². The molecule has 0 heterocycles. The fraction of sp³-hybridized carbons (Fsp3) is 1.00. The van der Waals surface area contributed by atoms with E-state index in [2.05, 4.69) is 0 Å². The summed E-state index contributed by atoms with van der Waals surface area (Å²) in [5, 5.41) is 0. The van der Waals surface area contributed by atoms with Crippen LogP contribution < -0.4 is 0 Å². The molecule has 0 saturated carbocycles. The zero-order valence-electron chi connectivity index (χ0n) is 7.98. The summed E-state index contributed by atoms with van der Waals surface area (Å²) in [5.74, 6) is 0. The molecular weight excluding hydrogens is 248 g/mol. The van der Waals surface area contributed by atoms with Gasteiger partial charge in [-0.2, -0.15) is 0 Å². The van der Waals surface area contributed by atoms with Crippen molar-refractivity contribution >= 4 is 18.5 Å². The first-order valence-corrected chi connectivity index (χ1v) is 6.12. The molecule has 0 saturated heterocycles. The molecular formula is C6H15O3PSZn. The molecule has 3 nitrogen and oxygen atoms in total. The molecule has 0 radical (unpaired) electrons. The minimum atomic E-state index is -2.97. The molecule has 70 valence electrons. The summed E-state index contributed by atoms with van der Waals surface area (Å²) in [6, 6.07) is 0. The van der Waals surface area contributed by atoms with Crippen molar-refractivity contribution in [3.8, 4) is 0 Å². The average Bonchev–Trinajstić information content (AvgIpc) is 1.53. The van der Waals surface area contributed by atoms with Crippen LogP contribution >= 0.6 is 6.72 Å². The van der Waals surface area contributed by atoms with Crippen LogP contribution in [0.1, 0.15) is 27.7 Å². The van der Waals surface area contributed by atoms with Gasteiger partial charge in [0.2, 0.25) is 0 Å². The zero-order chi connectivity index (χ0) is 9.07. The van der Waals surface area contributed by atoms with Gasteiger partial charge in [-0.25, -0.2) is 0 Å². The van der Waals surface area contributed by atoms with Crippen LogP contribution in [0.25, 0.3) is 0 Å². The Hall–Kier alpha value is 1.15. The minimum absolute atomic E-state index is 0. The maximum absolute atomic E-state index is 9.34. The smallest absolute Gasteiger partial charge is 0.324 e. The van der Waals surface area contributed by atoms with Gasteiger partial charge in [0.15, 0.2) is 0 Å². The van der Waals surface area contributed by atoms with E-state index in [1.165, 1.54) is 0 Å². The van der Waals surface area contributed by atoms with Crippen molar-refractivity contribution in [2.75, 3.05) is 0 Å². The first kappa shape index (κ1) is 15.6. The molecule has 0 aliphatic carbocycles.